The first-order valence-electron chi connectivity index (χ1n) is 5.53. The van der Waals surface area contributed by atoms with Gasteiger partial charge in [-0.2, -0.15) is 0 Å². The van der Waals surface area contributed by atoms with Crippen molar-refractivity contribution >= 4 is 11.4 Å². The number of nitrogen functional groups attached to an aromatic ring is 2. The Morgan fingerprint density at radius 1 is 0.889 bits per heavy atom. The van der Waals surface area contributed by atoms with Crippen molar-refractivity contribution in [2.45, 2.75) is 0 Å². The molecule has 0 unspecified atom stereocenters. The van der Waals surface area contributed by atoms with E-state index in [0.29, 0.717) is 22.9 Å². The number of ether oxygens (including phenoxy) is 2. The first-order chi connectivity index (χ1) is 8.67. The van der Waals surface area contributed by atoms with Gasteiger partial charge >= 0.3 is 0 Å². The summed E-state index contributed by atoms with van der Waals surface area (Å²) in [6.45, 7) is 0. The largest absolute Gasteiger partial charge is 0.493 e. The second kappa shape index (κ2) is 4.87. The number of rotatable bonds is 3. The predicted molar refractivity (Wildman–Crippen MR) is 73.8 cm³/mol. The van der Waals surface area contributed by atoms with E-state index in [9.17, 15) is 0 Å². The first-order valence-corrected chi connectivity index (χ1v) is 5.53. The number of hydrogen-bond acceptors (Lipinski definition) is 4. The molecule has 0 aliphatic rings. The summed E-state index contributed by atoms with van der Waals surface area (Å²) in [7, 11) is 3.22. The van der Waals surface area contributed by atoms with E-state index < -0.39 is 0 Å². The number of nitrogens with two attached hydrogens (primary N) is 2. The summed E-state index contributed by atoms with van der Waals surface area (Å²) >= 11 is 0. The average molecular weight is 244 g/mol. The molecule has 0 atom stereocenters. The third-order valence-electron chi connectivity index (χ3n) is 2.80. The molecule has 0 heterocycles. The van der Waals surface area contributed by atoms with E-state index >= 15 is 0 Å². The Labute approximate surface area is 106 Å². The van der Waals surface area contributed by atoms with Crippen LogP contribution in [0.4, 0.5) is 11.4 Å². The second-order valence-electron chi connectivity index (χ2n) is 3.88. The maximum absolute atomic E-state index is 5.82. The predicted octanol–water partition coefficient (Wildman–Crippen LogP) is 2.54. The molecule has 2 rings (SSSR count). The van der Waals surface area contributed by atoms with E-state index in [2.05, 4.69) is 0 Å². The summed E-state index contributed by atoms with van der Waals surface area (Å²) in [5, 5.41) is 0. The summed E-state index contributed by atoms with van der Waals surface area (Å²) < 4.78 is 10.7. The zero-order valence-corrected chi connectivity index (χ0v) is 10.4. The van der Waals surface area contributed by atoms with Crippen LogP contribution in [-0.4, -0.2) is 14.2 Å². The van der Waals surface area contributed by atoms with E-state index in [1.807, 2.05) is 30.3 Å². The molecule has 4 nitrogen and oxygen atoms in total. The van der Waals surface area contributed by atoms with Gasteiger partial charge in [0.25, 0.3) is 0 Å². The maximum Gasteiger partial charge on any atom is 0.168 e. The standard InChI is InChI=1S/C14H16N2O2/c1-17-13-5-3-4-10(14(13)18-2)9-6-7-11(15)12(16)8-9/h3-8H,15-16H2,1-2H3. The normalized spacial score (nSPS) is 10.1. The van der Waals surface area contributed by atoms with E-state index in [4.69, 9.17) is 20.9 Å². The van der Waals surface area contributed by atoms with Crippen LogP contribution in [0.3, 0.4) is 0 Å². The highest BCUT2D eigenvalue weighted by Gasteiger charge is 2.11. The highest BCUT2D eigenvalue weighted by molar-refractivity contribution is 5.79. The molecule has 0 aromatic heterocycles. The molecule has 2 aromatic carbocycles. The van der Waals surface area contributed by atoms with E-state index in [1.54, 1.807) is 20.3 Å². The SMILES string of the molecule is COc1cccc(-c2ccc(N)c(N)c2)c1OC. The second-order valence-corrected chi connectivity index (χ2v) is 3.88. The average Bonchev–Trinajstić information content (AvgIpc) is 2.40. The monoisotopic (exact) mass is 244 g/mol. The lowest BCUT2D eigenvalue weighted by Gasteiger charge is -2.13. The van der Waals surface area contributed by atoms with E-state index in [-0.39, 0.29) is 0 Å². The molecule has 0 fully saturated rings. The van der Waals surface area contributed by atoms with Gasteiger partial charge < -0.3 is 20.9 Å². The van der Waals surface area contributed by atoms with Crippen molar-refractivity contribution in [3.05, 3.63) is 36.4 Å². The molecule has 0 saturated carbocycles. The molecule has 94 valence electrons. The minimum absolute atomic E-state index is 0.553. The van der Waals surface area contributed by atoms with Crippen LogP contribution in [0.5, 0.6) is 11.5 Å². The number of methoxy groups -OCH3 is 2. The summed E-state index contributed by atoms with van der Waals surface area (Å²) in [5.74, 6) is 1.37. The Bertz CT molecular complexity index is 568. The van der Waals surface area contributed by atoms with Crippen LogP contribution in [0.1, 0.15) is 0 Å². The first kappa shape index (κ1) is 12.1. The fourth-order valence-corrected chi connectivity index (χ4v) is 1.86. The van der Waals surface area contributed by atoms with Crippen LogP contribution >= 0.6 is 0 Å². The van der Waals surface area contributed by atoms with Gasteiger partial charge in [0, 0.05) is 5.56 Å². The molecule has 0 aliphatic carbocycles. The molecule has 0 amide bonds. The molecule has 0 spiro atoms. The Kier molecular flexibility index (Phi) is 3.28. The van der Waals surface area contributed by atoms with Crippen molar-refractivity contribution in [3.63, 3.8) is 0 Å². The molecular weight excluding hydrogens is 228 g/mol. The molecule has 0 saturated heterocycles. The van der Waals surface area contributed by atoms with Gasteiger partial charge in [-0.15, -0.1) is 0 Å². The highest BCUT2D eigenvalue weighted by atomic mass is 16.5. The van der Waals surface area contributed by atoms with Gasteiger partial charge in [-0.25, -0.2) is 0 Å². The van der Waals surface area contributed by atoms with Gasteiger partial charge in [0.2, 0.25) is 0 Å². The van der Waals surface area contributed by atoms with Crippen LogP contribution in [-0.2, 0) is 0 Å². The summed E-state index contributed by atoms with van der Waals surface area (Å²) in [6, 6.07) is 11.2. The smallest absolute Gasteiger partial charge is 0.168 e. The van der Waals surface area contributed by atoms with Crippen LogP contribution in [0, 0.1) is 0 Å². The van der Waals surface area contributed by atoms with Crippen LogP contribution < -0.4 is 20.9 Å². The Balaban J connectivity index is 2.59. The third-order valence-corrected chi connectivity index (χ3v) is 2.80. The topological polar surface area (TPSA) is 70.5 Å². The third kappa shape index (κ3) is 2.05. The van der Waals surface area contributed by atoms with E-state index in [0.717, 1.165) is 11.1 Å². The van der Waals surface area contributed by atoms with Gasteiger partial charge in [0.15, 0.2) is 11.5 Å². The van der Waals surface area contributed by atoms with Gasteiger partial charge in [-0.1, -0.05) is 18.2 Å². The van der Waals surface area contributed by atoms with Crippen LogP contribution in [0.25, 0.3) is 11.1 Å². The summed E-state index contributed by atoms with van der Waals surface area (Å²) in [6.07, 6.45) is 0. The van der Waals surface area contributed by atoms with Gasteiger partial charge in [0.1, 0.15) is 0 Å². The lowest BCUT2D eigenvalue weighted by atomic mass is 10.0. The van der Waals surface area contributed by atoms with Crippen molar-refractivity contribution in [1.29, 1.82) is 0 Å². The van der Waals surface area contributed by atoms with Gasteiger partial charge in [-0.3, -0.25) is 0 Å². The Morgan fingerprint density at radius 3 is 2.28 bits per heavy atom. The highest BCUT2D eigenvalue weighted by Crippen LogP contribution is 2.38. The summed E-state index contributed by atoms with van der Waals surface area (Å²) in [5.41, 5.74) is 14.5. The molecule has 0 aliphatic heterocycles. The number of anilines is 2. The van der Waals surface area contributed by atoms with Crippen LogP contribution in [0.15, 0.2) is 36.4 Å². The summed E-state index contributed by atoms with van der Waals surface area (Å²) in [4.78, 5) is 0. The zero-order chi connectivity index (χ0) is 13.1. The molecule has 2 aromatic rings. The maximum atomic E-state index is 5.82. The van der Waals surface area contributed by atoms with Crippen molar-refractivity contribution in [1.82, 2.24) is 0 Å². The van der Waals surface area contributed by atoms with Crippen molar-refractivity contribution < 1.29 is 9.47 Å². The Hall–Kier alpha value is -2.36. The lowest BCUT2D eigenvalue weighted by molar-refractivity contribution is 0.356. The van der Waals surface area contributed by atoms with Crippen LogP contribution in [0.2, 0.25) is 0 Å². The fourth-order valence-electron chi connectivity index (χ4n) is 1.86. The number of para-hydroxylation sites is 1. The molecule has 4 heteroatoms. The minimum Gasteiger partial charge on any atom is -0.493 e. The quantitative estimate of drug-likeness (QED) is 0.814. The minimum atomic E-state index is 0.553. The van der Waals surface area contributed by atoms with Gasteiger partial charge in [-0.05, 0) is 23.8 Å². The molecule has 4 N–H and O–H groups in total. The number of benzene rings is 2. The lowest BCUT2D eigenvalue weighted by Crippen LogP contribution is -1.96. The Morgan fingerprint density at radius 2 is 1.67 bits per heavy atom. The zero-order valence-electron chi connectivity index (χ0n) is 10.4. The van der Waals surface area contributed by atoms with Crippen molar-refractivity contribution in [3.8, 4) is 22.6 Å². The van der Waals surface area contributed by atoms with Crippen molar-refractivity contribution in [2.24, 2.45) is 0 Å². The van der Waals surface area contributed by atoms with Crippen molar-refractivity contribution in [2.75, 3.05) is 25.7 Å². The molecular formula is C14H16N2O2. The fraction of sp³-hybridized carbons (Fsp3) is 0.143. The molecule has 0 radical (unpaired) electrons. The van der Waals surface area contributed by atoms with Gasteiger partial charge in [0.05, 0.1) is 25.6 Å². The number of hydrogen-bond donors (Lipinski definition) is 2. The molecule has 0 bridgehead atoms. The van der Waals surface area contributed by atoms with E-state index in [1.165, 1.54) is 0 Å². The molecule has 18 heavy (non-hydrogen) atoms.